The molecule has 234 valence electrons. The van der Waals surface area contributed by atoms with Crippen LogP contribution in [0.15, 0.2) is 72.8 Å². The Morgan fingerprint density at radius 3 is 2.32 bits per heavy atom. The number of unbranched alkanes of at least 4 members (excludes halogenated alkanes) is 2. The summed E-state index contributed by atoms with van der Waals surface area (Å²) in [5.41, 5.74) is -0.873. The topological polar surface area (TPSA) is 94.0 Å². The number of benzene rings is 3. The highest BCUT2D eigenvalue weighted by atomic mass is 19.3. The van der Waals surface area contributed by atoms with Gasteiger partial charge in [0.1, 0.15) is 17.4 Å². The molecule has 0 saturated heterocycles. The fourth-order valence-electron chi connectivity index (χ4n) is 4.71. The largest absolute Gasteiger partial charge is 0.461 e. The molecule has 1 heterocycles. The van der Waals surface area contributed by atoms with Crippen LogP contribution >= 0.6 is 0 Å². The highest BCUT2D eigenvalue weighted by Crippen LogP contribution is 2.37. The van der Waals surface area contributed by atoms with Crippen LogP contribution in [0.2, 0.25) is 0 Å². The second-order valence-corrected chi connectivity index (χ2v) is 10.1. The number of rotatable bonds is 14. The van der Waals surface area contributed by atoms with E-state index in [0.717, 1.165) is 37.1 Å². The maximum absolute atomic E-state index is 14.9. The molecule has 0 aliphatic carbocycles. The molecule has 0 aliphatic heterocycles. The van der Waals surface area contributed by atoms with Crippen molar-refractivity contribution in [2.24, 2.45) is 7.05 Å². The molecule has 0 radical (unpaired) electrons. The van der Waals surface area contributed by atoms with Crippen molar-refractivity contribution < 1.29 is 35.9 Å². The van der Waals surface area contributed by atoms with Gasteiger partial charge in [-0.3, -0.25) is 0 Å². The fourth-order valence-corrected chi connectivity index (χ4v) is 4.71. The van der Waals surface area contributed by atoms with E-state index in [9.17, 15) is 31.1 Å². The van der Waals surface area contributed by atoms with Crippen LogP contribution in [0.25, 0.3) is 0 Å². The Bertz CT molecular complexity index is 1520. The Hall–Kier alpha value is -4.62. The lowest BCUT2D eigenvalue weighted by atomic mass is 9.77. The summed E-state index contributed by atoms with van der Waals surface area (Å²) in [5.74, 6) is -1.96. The predicted octanol–water partition coefficient (Wildman–Crippen LogP) is 5.92. The third-order valence-corrected chi connectivity index (χ3v) is 6.76. The number of nitrogens with zero attached hydrogens (tertiary/aromatic N) is 4. The van der Waals surface area contributed by atoms with Crippen molar-refractivity contribution in [3.05, 3.63) is 107 Å². The standard InChI is InChI=1S/C30H30F6N6O2/c1-42-40-26(39-41-42)10-6-3-7-15-37-28(43)38-29(19-20-8-4-2-5-9-20,21-11-13-23(31)14-12-21)22-16-24(32)18-25(17-22)44-30(35,36)27(33)34/h2,4-5,8-9,11-14,16-18,27H,3,6-7,10,15,19H2,1H3,(H2,37,38,43). The van der Waals surface area contributed by atoms with Crippen LogP contribution in [0.4, 0.5) is 31.1 Å². The molecule has 8 nitrogen and oxygen atoms in total. The average molecular weight is 621 g/mol. The number of aryl methyl sites for hydroxylation is 2. The van der Waals surface area contributed by atoms with Crippen LogP contribution in [0.5, 0.6) is 5.75 Å². The summed E-state index contributed by atoms with van der Waals surface area (Å²) in [5, 5.41) is 17.4. The molecule has 0 aliphatic rings. The predicted molar refractivity (Wildman–Crippen MR) is 148 cm³/mol. The van der Waals surface area contributed by atoms with Crippen LogP contribution in [0, 0.1) is 11.6 Å². The second-order valence-electron chi connectivity index (χ2n) is 10.1. The van der Waals surface area contributed by atoms with Crippen molar-refractivity contribution in [3.63, 3.8) is 0 Å². The number of halogens is 6. The monoisotopic (exact) mass is 620 g/mol. The Balaban J connectivity index is 1.63. The van der Waals surface area contributed by atoms with Crippen LogP contribution in [0.1, 0.15) is 41.8 Å². The van der Waals surface area contributed by atoms with E-state index in [4.69, 9.17) is 0 Å². The second kappa shape index (κ2) is 14.2. The summed E-state index contributed by atoms with van der Waals surface area (Å²) in [4.78, 5) is 14.7. The summed E-state index contributed by atoms with van der Waals surface area (Å²) in [6.45, 7) is 0.253. The molecule has 1 aromatic heterocycles. The molecule has 0 bridgehead atoms. The summed E-state index contributed by atoms with van der Waals surface area (Å²) < 4.78 is 86.5. The third-order valence-electron chi connectivity index (χ3n) is 6.76. The normalized spacial score (nSPS) is 13.0. The molecular formula is C30H30F6N6O2. The zero-order valence-corrected chi connectivity index (χ0v) is 23.6. The first kappa shape index (κ1) is 32.3. The van der Waals surface area contributed by atoms with Crippen molar-refractivity contribution in [2.45, 2.75) is 50.2 Å². The molecule has 1 atom stereocenters. The van der Waals surface area contributed by atoms with Crippen LogP contribution in [0.3, 0.4) is 0 Å². The minimum atomic E-state index is -4.91. The molecule has 4 rings (SSSR count). The molecule has 2 N–H and O–H groups in total. The molecule has 0 saturated carbocycles. The van der Waals surface area contributed by atoms with Gasteiger partial charge in [0.2, 0.25) is 0 Å². The third kappa shape index (κ3) is 8.48. The summed E-state index contributed by atoms with van der Waals surface area (Å²) >= 11 is 0. The van der Waals surface area contributed by atoms with Gasteiger partial charge in [0, 0.05) is 25.5 Å². The number of ether oxygens (including phenoxy) is 1. The van der Waals surface area contributed by atoms with Crippen molar-refractivity contribution in [1.29, 1.82) is 0 Å². The first-order valence-corrected chi connectivity index (χ1v) is 13.7. The maximum atomic E-state index is 14.9. The fraction of sp³-hybridized carbons (Fsp3) is 0.333. The lowest BCUT2D eigenvalue weighted by molar-refractivity contribution is -0.253. The molecule has 2 amide bonds. The van der Waals surface area contributed by atoms with Gasteiger partial charge in [-0.15, -0.1) is 10.2 Å². The summed E-state index contributed by atoms with van der Waals surface area (Å²) in [6, 6.07) is 15.4. The molecule has 4 aromatic rings. The quantitative estimate of drug-likeness (QED) is 0.135. The number of urea groups is 1. The Kier molecular flexibility index (Phi) is 10.4. The van der Waals surface area contributed by atoms with Gasteiger partial charge in [-0.1, -0.05) is 48.9 Å². The van der Waals surface area contributed by atoms with E-state index >= 15 is 0 Å². The molecule has 44 heavy (non-hydrogen) atoms. The van der Waals surface area contributed by atoms with Gasteiger partial charge in [0.15, 0.2) is 5.82 Å². The van der Waals surface area contributed by atoms with E-state index in [-0.39, 0.29) is 24.1 Å². The minimum absolute atomic E-state index is 0.0495. The van der Waals surface area contributed by atoms with Gasteiger partial charge in [0.25, 0.3) is 0 Å². The van der Waals surface area contributed by atoms with E-state index in [1.165, 1.54) is 16.9 Å². The minimum Gasteiger partial charge on any atom is -0.428 e. The lowest BCUT2D eigenvalue weighted by Crippen LogP contribution is -2.52. The highest BCUT2D eigenvalue weighted by Gasteiger charge is 2.45. The van der Waals surface area contributed by atoms with Crippen LogP contribution in [-0.2, 0) is 25.4 Å². The number of hydrogen-bond donors (Lipinski definition) is 2. The van der Waals surface area contributed by atoms with Crippen molar-refractivity contribution >= 4 is 6.03 Å². The summed E-state index contributed by atoms with van der Waals surface area (Å²) in [7, 11) is 1.67. The van der Waals surface area contributed by atoms with Crippen molar-refractivity contribution in [2.75, 3.05) is 6.54 Å². The molecular weight excluding hydrogens is 590 g/mol. The maximum Gasteiger partial charge on any atom is 0.461 e. The average Bonchev–Trinajstić information content (AvgIpc) is 3.39. The van der Waals surface area contributed by atoms with Crippen LogP contribution < -0.4 is 15.4 Å². The smallest absolute Gasteiger partial charge is 0.428 e. The SMILES string of the molecule is Cn1nnc(CCCCCNC(=O)NC(Cc2ccccc2)(c2ccc(F)cc2)c2cc(F)cc(OC(F)(F)C(F)F)c2)n1. The Labute approximate surface area is 249 Å². The van der Waals surface area contributed by atoms with E-state index in [1.807, 2.05) is 0 Å². The van der Waals surface area contributed by atoms with Gasteiger partial charge in [-0.2, -0.15) is 22.4 Å². The van der Waals surface area contributed by atoms with Crippen molar-refractivity contribution in [3.8, 4) is 5.75 Å². The van der Waals surface area contributed by atoms with E-state index in [1.54, 1.807) is 37.4 Å². The zero-order chi connectivity index (χ0) is 31.7. The van der Waals surface area contributed by atoms with E-state index in [0.29, 0.717) is 30.3 Å². The van der Waals surface area contributed by atoms with Crippen LogP contribution in [-0.4, -0.2) is 45.3 Å². The number of hydrogen-bond acceptors (Lipinski definition) is 5. The molecule has 1 unspecified atom stereocenters. The number of amides is 2. The Morgan fingerprint density at radius 2 is 1.66 bits per heavy atom. The molecule has 0 spiro atoms. The van der Waals surface area contributed by atoms with E-state index in [2.05, 4.69) is 30.8 Å². The van der Waals surface area contributed by atoms with Gasteiger partial charge in [0.05, 0.1) is 12.6 Å². The first-order chi connectivity index (χ1) is 21.0. The number of carbonyl (C=O) groups excluding carboxylic acids is 1. The molecule has 0 fully saturated rings. The lowest BCUT2D eigenvalue weighted by Gasteiger charge is -2.37. The number of aromatic nitrogens is 4. The number of alkyl halides is 4. The first-order valence-electron chi connectivity index (χ1n) is 13.7. The molecule has 14 heteroatoms. The van der Waals surface area contributed by atoms with Crippen molar-refractivity contribution in [1.82, 2.24) is 30.8 Å². The highest BCUT2D eigenvalue weighted by molar-refractivity contribution is 5.76. The van der Waals surface area contributed by atoms with E-state index < -0.39 is 41.5 Å². The number of nitrogens with one attached hydrogen (secondary N) is 2. The Morgan fingerprint density at radius 1 is 0.932 bits per heavy atom. The zero-order valence-electron chi connectivity index (χ0n) is 23.6. The van der Waals surface area contributed by atoms with Gasteiger partial charge < -0.3 is 15.4 Å². The summed E-state index contributed by atoms with van der Waals surface area (Å²) in [6.07, 6.45) is -6.45. The number of tetrazole rings is 1. The molecule has 3 aromatic carbocycles. The van der Waals surface area contributed by atoms with Gasteiger partial charge >= 0.3 is 18.6 Å². The van der Waals surface area contributed by atoms with Gasteiger partial charge in [-0.05, 0) is 59.0 Å². The van der Waals surface area contributed by atoms with Gasteiger partial charge in [-0.25, -0.2) is 13.6 Å². The number of carbonyl (C=O) groups is 1.